The van der Waals surface area contributed by atoms with Gasteiger partial charge in [-0.25, -0.2) is 12.8 Å². The number of aryl methyl sites for hydroxylation is 1. The van der Waals surface area contributed by atoms with E-state index >= 15 is 0 Å². The molecule has 0 fully saturated rings. The molecule has 0 aliphatic carbocycles. The van der Waals surface area contributed by atoms with Crippen molar-refractivity contribution in [2.75, 3.05) is 4.72 Å². The number of benzene rings is 2. The van der Waals surface area contributed by atoms with Crippen molar-refractivity contribution in [2.45, 2.75) is 18.7 Å². The summed E-state index contributed by atoms with van der Waals surface area (Å²) in [6, 6.07) is 12.8. The van der Waals surface area contributed by atoms with Crippen LogP contribution in [-0.2, 0) is 10.0 Å². The molecule has 0 unspecified atom stereocenters. The molecule has 1 aromatic heterocycles. The van der Waals surface area contributed by atoms with Crippen LogP contribution in [-0.4, -0.2) is 13.4 Å². The van der Waals surface area contributed by atoms with Gasteiger partial charge in [-0.15, -0.1) is 0 Å². The van der Waals surface area contributed by atoms with Gasteiger partial charge in [0.15, 0.2) is 5.82 Å². The van der Waals surface area contributed by atoms with Gasteiger partial charge in [0.05, 0.1) is 10.6 Å². The standard InChI is InChI=1S/C19H17FN2O2S/c1-13-10-11-21-12-17(13)16-8-9-18(19(20)14(16)2)22-25(23,24)15-6-4-3-5-7-15/h3-12,22H,1-2H3. The highest BCUT2D eigenvalue weighted by Crippen LogP contribution is 2.31. The highest BCUT2D eigenvalue weighted by atomic mass is 32.2. The highest BCUT2D eigenvalue weighted by Gasteiger charge is 2.18. The Bertz CT molecular complexity index is 1020. The van der Waals surface area contributed by atoms with E-state index in [1.165, 1.54) is 18.2 Å². The number of sulfonamides is 1. The smallest absolute Gasteiger partial charge is 0.261 e. The lowest BCUT2D eigenvalue weighted by Gasteiger charge is -2.14. The maximum Gasteiger partial charge on any atom is 0.261 e. The Morgan fingerprint density at radius 1 is 0.960 bits per heavy atom. The monoisotopic (exact) mass is 356 g/mol. The molecule has 0 amide bonds. The zero-order valence-corrected chi connectivity index (χ0v) is 14.6. The zero-order chi connectivity index (χ0) is 18.0. The summed E-state index contributed by atoms with van der Waals surface area (Å²) in [5.41, 5.74) is 2.76. The molecule has 2 aromatic carbocycles. The third-order valence-corrected chi connectivity index (χ3v) is 5.39. The summed E-state index contributed by atoms with van der Waals surface area (Å²) < 4.78 is 41.9. The molecule has 0 bridgehead atoms. The highest BCUT2D eigenvalue weighted by molar-refractivity contribution is 7.92. The van der Waals surface area contributed by atoms with Crippen LogP contribution in [0.3, 0.4) is 0 Å². The summed E-state index contributed by atoms with van der Waals surface area (Å²) in [7, 11) is -3.84. The Labute approximate surface area is 146 Å². The number of hydrogen-bond acceptors (Lipinski definition) is 3. The summed E-state index contributed by atoms with van der Waals surface area (Å²) in [4.78, 5) is 4.16. The van der Waals surface area contributed by atoms with Crippen LogP contribution < -0.4 is 4.72 Å². The zero-order valence-electron chi connectivity index (χ0n) is 13.8. The van der Waals surface area contributed by atoms with Crippen molar-refractivity contribution in [1.82, 2.24) is 4.98 Å². The topological polar surface area (TPSA) is 59.1 Å². The maximum absolute atomic E-state index is 14.8. The third kappa shape index (κ3) is 3.39. The molecule has 4 nitrogen and oxygen atoms in total. The van der Waals surface area contributed by atoms with Crippen molar-refractivity contribution in [3.8, 4) is 11.1 Å². The SMILES string of the molecule is Cc1ccncc1-c1ccc(NS(=O)(=O)c2ccccc2)c(F)c1C. The fraction of sp³-hybridized carbons (Fsp3) is 0.105. The predicted octanol–water partition coefficient (Wildman–Crippen LogP) is 4.31. The average Bonchev–Trinajstić information content (AvgIpc) is 2.61. The van der Waals surface area contributed by atoms with E-state index in [9.17, 15) is 12.8 Å². The summed E-state index contributed by atoms with van der Waals surface area (Å²) in [6.07, 6.45) is 3.35. The number of pyridine rings is 1. The fourth-order valence-corrected chi connectivity index (χ4v) is 3.69. The fourth-order valence-electron chi connectivity index (χ4n) is 2.60. The van der Waals surface area contributed by atoms with E-state index in [2.05, 4.69) is 9.71 Å². The Balaban J connectivity index is 2.01. The van der Waals surface area contributed by atoms with E-state index in [1.54, 1.807) is 43.6 Å². The van der Waals surface area contributed by atoms with Gasteiger partial charge in [0, 0.05) is 18.0 Å². The lowest BCUT2D eigenvalue weighted by Crippen LogP contribution is -2.14. The van der Waals surface area contributed by atoms with E-state index in [0.717, 1.165) is 11.1 Å². The first kappa shape index (κ1) is 17.1. The van der Waals surface area contributed by atoms with E-state index in [4.69, 9.17) is 0 Å². The second kappa shape index (κ2) is 6.64. The van der Waals surface area contributed by atoms with Crippen molar-refractivity contribution in [1.29, 1.82) is 0 Å². The van der Waals surface area contributed by atoms with Crippen LogP contribution in [0.1, 0.15) is 11.1 Å². The lowest BCUT2D eigenvalue weighted by molar-refractivity contribution is 0.598. The van der Waals surface area contributed by atoms with Gasteiger partial charge in [-0.2, -0.15) is 0 Å². The first-order valence-corrected chi connectivity index (χ1v) is 9.16. The van der Waals surface area contributed by atoms with Crippen molar-refractivity contribution in [3.63, 3.8) is 0 Å². The Kier molecular flexibility index (Phi) is 4.55. The molecule has 3 aromatic rings. The van der Waals surface area contributed by atoms with E-state index in [-0.39, 0.29) is 10.6 Å². The number of aromatic nitrogens is 1. The van der Waals surface area contributed by atoms with Gasteiger partial charge >= 0.3 is 0 Å². The normalized spacial score (nSPS) is 11.3. The van der Waals surface area contributed by atoms with Gasteiger partial charge in [-0.1, -0.05) is 24.3 Å². The van der Waals surface area contributed by atoms with Crippen LogP contribution in [0, 0.1) is 19.7 Å². The molecular weight excluding hydrogens is 339 g/mol. The van der Waals surface area contributed by atoms with Crippen molar-refractivity contribution in [3.05, 3.63) is 77.9 Å². The first-order chi connectivity index (χ1) is 11.9. The molecule has 0 aliphatic rings. The van der Waals surface area contributed by atoms with Crippen LogP contribution in [0.2, 0.25) is 0 Å². The Morgan fingerprint density at radius 2 is 1.68 bits per heavy atom. The quantitative estimate of drug-likeness (QED) is 0.758. The van der Waals surface area contributed by atoms with E-state index in [0.29, 0.717) is 11.1 Å². The van der Waals surface area contributed by atoms with Crippen LogP contribution in [0.5, 0.6) is 0 Å². The molecule has 128 valence electrons. The number of anilines is 1. The summed E-state index contributed by atoms with van der Waals surface area (Å²) in [6.45, 7) is 3.54. The minimum absolute atomic E-state index is 0.0772. The van der Waals surface area contributed by atoms with Crippen molar-refractivity contribution < 1.29 is 12.8 Å². The largest absolute Gasteiger partial charge is 0.277 e. The molecule has 0 aliphatic heterocycles. The van der Waals surface area contributed by atoms with Gasteiger partial charge in [-0.05, 0) is 54.8 Å². The number of nitrogens with zero attached hydrogens (tertiary/aromatic N) is 1. The number of halogens is 1. The predicted molar refractivity (Wildman–Crippen MR) is 96.4 cm³/mol. The molecular formula is C19H17FN2O2S. The number of hydrogen-bond donors (Lipinski definition) is 1. The van der Waals surface area contributed by atoms with E-state index < -0.39 is 15.8 Å². The van der Waals surface area contributed by atoms with Crippen LogP contribution in [0.25, 0.3) is 11.1 Å². The second-order valence-corrected chi connectivity index (χ2v) is 7.39. The molecule has 1 N–H and O–H groups in total. The Hall–Kier alpha value is -2.73. The summed E-state index contributed by atoms with van der Waals surface area (Å²) in [5.74, 6) is -0.597. The van der Waals surface area contributed by atoms with Crippen LogP contribution >= 0.6 is 0 Å². The van der Waals surface area contributed by atoms with Gasteiger partial charge in [0.1, 0.15) is 0 Å². The minimum Gasteiger partial charge on any atom is -0.277 e. The molecule has 1 heterocycles. The summed E-state index contributed by atoms with van der Waals surface area (Å²) >= 11 is 0. The molecule has 0 spiro atoms. The number of nitrogens with one attached hydrogen (secondary N) is 1. The van der Waals surface area contributed by atoms with Crippen molar-refractivity contribution >= 4 is 15.7 Å². The maximum atomic E-state index is 14.8. The molecule has 0 saturated carbocycles. The number of rotatable bonds is 4. The molecule has 6 heteroatoms. The third-order valence-electron chi connectivity index (χ3n) is 4.01. The van der Waals surface area contributed by atoms with Gasteiger partial charge < -0.3 is 0 Å². The van der Waals surface area contributed by atoms with Gasteiger partial charge in [0.25, 0.3) is 10.0 Å². The average molecular weight is 356 g/mol. The lowest BCUT2D eigenvalue weighted by atomic mass is 9.98. The first-order valence-electron chi connectivity index (χ1n) is 7.68. The summed E-state index contributed by atoms with van der Waals surface area (Å²) in [5, 5.41) is 0. The molecule has 25 heavy (non-hydrogen) atoms. The van der Waals surface area contributed by atoms with Crippen molar-refractivity contribution in [2.24, 2.45) is 0 Å². The molecule has 0 saturated heterocycles. The van der Waals surface area contributed by atoms with Gasteiger partial charge in [-0.3, -0.25) is 9.71 Å². The second-order valence-electron chi connectivity index (χ2n) is 5.71. The van der Waals surface area contributed by atoms with Crippen LogP contribution in [0.4, 0.5) is 10.1 Å². The van der Waals surface area contributed by atoms with E-state index in [1.807, 2.05) is 13.0 Å². The Morgan fingerprint density at radius 3 is 2.36 bits per heavy atom. The van der Waals surface area contributed by atoms with Gasteiger partial charge in [0.2, 0.25) is 0 Å². The molecule has 0 radical (unpaired) electrons. The molecule has 3 rings (SSSR count). The minimum atomic E-state index is -3.84. The molecule has 0 atom stereocenters. The van der Waals surface area contributed by atoms with Crippen LogP contribution in [0.15, 0.2) is 65.8 Å².